The molecule has 2 amide bonds. The average molecular weight is 505 g/mol. The van der Waals surface area contributed by atoms with Gasteiger partial charge in [0, 0.05) is 29.4 Å². The zero-order valence-corrected chi connectivity index (χ0v) is 20.4. The number of amides is 2. The molecule has 0 bridgehead atoms. The van der Waals surface area contributed by atoms with E-state index in [-0.39, 0.29) is 11.5 Å². The van der Waals surface area contributed by atoms with Crippen LogP contribution in [0.2, 0.25) is 0 Å². The lowest BCUT2D eigenvalue weighted by Crippen LogP contribution is -2.37. The van der Waals surface area contributed by atoms with Crippen molar-refractivity contribution in [1.82, 2.24) is 19.9 Å². The minimum Gasteiger partial charge on any atom is -0.383 e. The Hall–Kier alpha value is -4.60. The number of nitrogens with two attached hydrogens (primary N) is 1. The predicted octanol–water partition coefficient (Wildman–Crippen LogP) is 4.44. The van der Waals surface area contributed by atoms with Gasteiger partial charge in [0.05, 0.1) is 17.1 Å². The maximum Gasteiger partial charge on any atom is 0.251 e. The second-order valence-corrected chi connectivity index (χ2v) is 8.61. The summed E-state index contributed by atoms with van der Waals surface area (Å²) in [6, 6.07) is 12.8. The van der Waals surface area contributed by atoms with Crippen LogP contribution in [0.15, 0.2) is 67.0 Å². The molecule has 0 radical (unpaired) electrons. The van der Waals surface area contributed by atoms with Gasteiger partial charge in [-0.1, -0.05) is 30.8 Å². The molecule has 0 saturated heterocycles. The maximum atomic E-state index is 12.8. The number of nitrogens with one attached hydrogen (secondary N) is 2. The van der Waals surface area contributed by atoms with Gasteiger partial charge in [-0.3, -0.25) is 9.59 Å². The smallest absolute Gasteiger partial charge is 0.251 e. The van der Waals surface area contributed by atoms with Crippen LogP contribution in [-0.2, 0) is 11.8 Å². The van der Waals surface area contributed by atoms with Gasteiger partial charge in [-0.25, -0.2) is 18.7 Å². The van der Waals surface area contributed by atoms with Crippen molar-refractivity contribution in [3.63, 3.8) is 0 Å². The summed E-state index contributed by atoms with van der Waals surface area (Å²) < 4.78 is 27.6. The zero-order valence-electron chi connectivity index (χ0n) is 20.4. The summed E-state index contributed by atoms with van der Waals surface area (Å²) in [5.41, 5.74) is 11.3. The van der Waals surface area contributed by atoms with Crippen LogP contribution in [0.5, 0.6) is 0 Å². The van der Waals surface area contributed by atoms with Crippen LogP contribution in [-0.4, -0.2) is 45.7 Å². The first kappa shape index (κ1) is 25.5. The molecule has 10 heteroatoms. The fourth-order valence-electron chi connectivity index (χ4n) is 4.02. The number of nitrogen functional groups attached to an aromatic ring is 1. The van der Waals surface area contributed by atoms with Crippen LogP contribution < -0.4 is 16.4 Å². The summed E-state index contributed by atoms with van der Waals surface area (Å²) in [6.07, 6.45) is 1.39. The van der Waals surface area contributed by atoms with Gasteiger partial charge in [0.25, 0.3) is 11.8 Å². The third-order valence-corrected chi connectivity index (χ3v) is 5.94. The lowest BCUT2D eigenvalue weighted by Gasteiger charge is -2.13. The molecule has 0 aliphatic rings. The van der Waals surface area contributed by atoms with E-state index in [1.165, 1.54) is 6.33 Å². The highest BCUT2D eigenvalue weighted by Crippen LogP contribution is 2.41. The fourth-order valence-corrected chi connectivity index (χ4v) is 4.02. The molecule has 4 aromatic rings. The van der Waals surface area contributed by atoms with Crippen molar-refractivity contribution in [3.05, 3.63) is 72.6 Å². The monoisotopic (exact) mass is 504 g/mol. The van der Waals surface area contributed by atoms with E-state index in [4.69, 9.17) is 5.73 Å². The van der Waals surface area contributed by atoms with E-state index in [0.29, 0.717) is 28.1 Å². The second-order valence-electron chi connectivity index (χ2n) is 8.61. The van der Waals surface area contributed by atoms with Gasteiger partial charge >= 0.3 is 0 Å². The minimum atomic E-state index is -1.18. The molecule has 0 aliphatic carbocycles. The van der Waals surface area contributed by atoms with Gasteiger partial charge in [-0.2, -0.15) is 0 Å². The number of fused-ring (bicyclic) bond motifs is 1. The molecule has 2 heterocycles. The number of benzene rings is 2. The van der Waals surface area contributed by atoms with Crippen molar-refractivity contribution in [2.75, 3.05) is 24.4 Å². The summed E-state index contributed by atoms with van der Waals surface area (Å²) in [6.45, 7) is 3.30. The molecule has 4 rings (SSSR count). The minimum absolute atomic E-state index is 0.263. The number of aryl methyl sites for hydroxylation is 1. The highest BCUT2D eigenvalue weighted by molar-refractivity contribution is 6.08. The Morgan fingerprint density at radius 1 is 1.03 bits per heavy atom. The van der Waals surface area contributed by atoms with E-state index < -0.39 is 25.3 Å². The second kappa shape index (κ2) is 10.6. The Morgan fingerprint density at radius 3 is 2.24 bits per heavy atom. The van der Waals surface area contributed by atoms with E-state index in [1.54, 1.807) is 43.3 Å². The Labute approximate surface area is 212 Å². The fraction of sp³-hybridized carbons (Fsp3) is 0.185. The number of halogens is 2. The van der Waals surface area contributed by atoms with Crippen molar-refractivity contribution >= 4 is 34.4 Å². The van der Waals surface area contributed by atoms with Crippen LogP contribution in [0, 0.1) is 0 Å². The third kappa shape index (κ3) is 5.04. The quantitative estimate of drug-likeness (QED) is 0.307. The van der Waals surface area contributed by atoms with Crippen molar-refractivity contribution in [2.24, 2.45) is 7.05 Å². The van der Waals surface area contributed by atoms with Gasteiger partial charge in [0.1, 0.15) is 31.1 Å². The SMILES string of the molecule is C=C(C)C(=O)Nc1ccc(-c2c(-c3ccc(C(=O)NC(CF)CF)cc3)c3c(N)ncnc3n2C)cc1. The van der Waals surface area contributed by atoms with Crippen molar-refractivity contribution in [1.29, 1.82) is 0 Å². The molecule has 190 valence electrons. The first-order valence-electron chi connectivity index (χ1n) is 11.4. The van der Waals surface area contributed by atoms with E-state index in [2.05, 4.69) is 27.2 Å². The number of carbonyl (C=O) groups excluding carboxylic acids is 2. The number of carbonyl (C=O) groups is 2. The average Bonchev–Trinajstić information content (AvgIpc) is 3.21. The number of aromatic nitrogens is 3. The molecule has 2 aromatic heterocycles. The van der Waals surface area contributed by atoms with E-state index >= 15 is 0 Å². The molecule has 37 heavy (non-hydrogen) atoms. The number of hydrogen-bond acceptors (Lipinski definition) is 5. The van der Waals surface area contributed by atoms with Crippen molar-refractivity contribution in [3.8, 4) is 22.4 Å². The van der Waals surface area contributed by atoms with Crippen LogP contribution >= 0.6 is 0 Å². The first-order valence-corrected chi connectivity index (χ1v) is 11.4. The van der Waals surface area contributed by atoms with Gasteiger partial charge in [-0.15, -0.1) is 0 Å². The molecule has 0 unspecified atom stereocenters. The molecular formula is C27H26F2N6O2. The maximum absolute atomic E-state index is 12.8. The zero-order chi connectivity index (χ0) is 26.7. The molecule has 0 spiro atoms. The summed E-state index contributed by atoms with van der Waals surface area (Å²) in [4.78, 5) is 33.0. The van der Waals surface area contributed by atoms with Crippen LogP contribution in [0.3, 0.4) is 0 Å². The van der Waals surface area contributed by atoms with E-state index in [9.17, 15) is 18.4 Å². The summed E-state index contributed by atoms with van der Waals surface area (Å²) in [7, 11) is 1.86. The normalized spacial score (nSPS) is 11.1. The highest BCUT2D eigenvalue weighted by Gasteiger charge is 2.22. The first-order chi connectivity index (χ1) is 17.7. The third-order valence-electron chi connectivity index (χ3n) is 5.94. The molecular weight excluding hydrogens is 478 g/mol. The highest BCUT2D eigenvalue weighted by atomic mass is 19.1. The molecule has 4 N–H and O–H groups in total. The standard InChI is InChI=1S/C27H26F2N6O2/c1-15(2)26(36)33-19-10-8-17(9-11-19)23-21(22-24(30)31-14-32-25(22)35(23)3)16-4-6-18(7-5-16)27(37)34-20(12-28)13-29/h4-11,14,20H,1,12-13H2,2-3H3,(H,33,36)(H,34,37)(H2,30,31,32). The Kier molecular flexibility index (Phi) is 7.28. The molecule has 0 aliphatic heterocycles. The summed E-state index contributed by atoms with van der Waals surface area (Å²) >= 11 is 0. The van der Waals surface area contributed by atoms with E-state index in [1.807, 2.05) is 23.7 Å². The van der Waals surface area contributed by atoms with Crippen LogP contribution in [0.4, 0.5) is 20.3 Å². The number of anilines is 2. The number of hydrogen-bond donors (Lipinski definition) is 3. The van der Waals surface area contributed by atoms with Gasteiger partial charge in [-0.05, 0) is 42.3 Å². The topological polar surface area (TPSA) is 115 Å². The molecule has 0 fully saturated rings. The lowest BCUT2D eigenvalue weighted by molar-refractivity contribution is -0.112. The molecule has 0 atom stereocenters. The summed E-state index contributed by atoms with van der Waals surface area (Å²) in [5, 5.41) is 5.76. The van der Waals surface area contributed by atoms with Crippen LogP contribution in [0.1, 0.15) is 17.3 Å². The van der Waals surface area contributed by atoms with Gasteiger partial charge in [0.15, 0.2) is 0 Å². The van der Waals surface area contributed by atoms with E-state index in [0.717, 1.165) is 22.4 Å². The summed E-state index contributed by atoms with van der Waals surface area (Å²) in [5.74, 6) is -0.544. The molecule has 0 saturated carbocycles. The van der Waals surface area contributed by atoms with Gasteiger partial charge < -0.3 is 20.9 Å². The molecule has 8 nitrogen and oxygen atoms in total. The number of nitrogens with zero attached hydrogens (tertiary/aromatic N) is 3. The lowest BCUT2D eigenvalue weighted by atomic mass is 9.97. The number of alkyl halides is 2. The Bertz CT molecular complexity index is 1480. The van der Waals surface area contributed by atoms with Crippen molar-refractivity contribution in [2.45, 2.75) is 13.0 Å². The predicted molar refractivity (Wildman–Crippen MR) is 140 cm³/mol. The Morgan fingerprint density at radius 2 is 1.65 bits per heavy atom. The number of rotatable bonds is 8. The largest absolute Gasteiger partial charge is 0.383 e. The molecule has 2 aromatic carbocycles. The van der Waals surface area contributed by atoms with Crippen LogP contribution in [0.25, 0.3) is 33.4 Å². The Balaban J connectivity index is 1.78. The van der Waals surface area contributed by atoms with Crippen molar-refractivity contribution < 1.29 is 18.4 Å². The van der Waals surface area contributed by atoms with Gasteiger partial charge in [0.2, 0.25) is 0 Å².